The molecule has 0 amide bonds. The van der Waals surface area contributed by atoms with Gasteiger partial charge in [-0.3, -0.25) is 0 Å². The number of aliphatic hydroxyl groups is 2. The summed E-state index contributed by atoms with van der Waals surface area (Å²) < 4.78 is 17.6. The maximum absolute atomic E-state index is 11.1. The number of hydrogen-bond donors (Lipinski definition) is 4. The van der Waals surface area contributed by atoms with Crippen molar-refractivity contribution in [2.75, 3.05) is 26.4 Å². The summed E-state index contributed by atoms with van der Waals surface area (Å²) in [5.74, 6) is 1.30. The van der Waals surface area contributed by atoms with Gasteiger partial charge in [-0.15, -0.1) is 0 Å². The minimum absolute atomic E-state index is 0.0618. The summed E-state index contributed by atoms with van der Waals surface area (Å²) in [5.41, 5.74) is 19.2. The fraction of sp³-hybridized carbons (Fsp3) is 0.438. The van der Waals surface area contributed by atoms with Crippen LogP contribution in [0, 0.1) is 20.8 Å². The summed E-state index contributed by atoms with van der Waals surface area (Å²) >= 11 is 0. The highest BCUT2D eigenvalue weighted by Crippen LogP contribution is 2.28. The largest absolute Gasteiger partial charge is 0.492 e. The lowest BCUT2D eigenvalue weighted by atomic mass is 9.96. The van der Waals surface area contributed by atoms with Gasteiger partial charge >= 0.3 is 0 Å². The fourth-order valence-corrected chi connectivity index (χ4v) is 4.54. The molecule has 4 unspecified atom stereocenters. The summed E-state index contributed by atoms with van der Waals surface area (Å²) in [5, 5.41) is 20.9. The Morgan fingerprint density at radius 3 is 2.23 bits per heavy atom. The number of ether oxygens (including phenoxy) is 3. The third-order valence-corrected chi connectivity index (χ3v) is 7.17. The molecule has 0 saturated heterocycles. The number of aryl methyl sites for hydroxylation is 1. The predicted octanol–water partition coefficient (Wildman–Crippen LogP) is 3.62. The van der Waals surface area contributed by atoms with Crippen molar-refractivity contribution in [3.63, 3.8) is 0 Å². The van der Waals surface area contributed by atoms with Crippen molar-refractivity contribution >= 4 is 0 Å². The summed E-state index contributed by atoms with van der Waals surface area (Å²) in [4.78, 5) is 0. The molecule has 7 nitrogen and oxygen atoms in total. The number of rotatable bonds is 15. The van der Waals surface area contributed by atoms with Crippen LogP contribution in [0.2, 0.25) is 0 Å². The second kappa shape index (κ2) is 15.0. The number of hydrogen-bond acceptors (Lipinski definition) is 7. The zero-order valence-corrected chi connectivity index (χ0v) is 23.6. The standard InChI is InChI=1S/C32H44N2O5/c1-5-37-16-15-25-11-13-29(21(2)17-25)38-20-28(34)31(36)32(27(33)19-35)39-30-14-12-26(22(3)23(30)4)18-24-9-7-6-8-10-24/h6-14,17,27-28,31-32,35-36H,5,15-16,18-20,33-34H2,1-4H3. The Kier molecular flexibility index (Phi) is 11.8. The lowest BCUT2D eigenvalue weighted by Gasteiger charge is -2.32. The maximum atomic E-state index is 11.1. The molecule has 0 aromatic heterocycles. The van der Waals surface area contributed by atoms with E-state index in [-0.39, 0.29) is 13.2 Å². The average molecular weight is 537 g/mol. The Morgan fingerprint density at radius 1 is 0.846 bits per heavy atom. The van der Waals surface area contributed by atoms with Gasteiger partial charge in [0, 0.05) is 6.61 Å². The van der Waals surface area contributed by atoms with Gasteiger partial charge < -0.3 is 35.9 Å². The molecule has 0 saturated carbocycles. The van der Waals surface area contributed by atoms with Crippen LogP contribution in [0.5, 0.6) is 11.5 Å². The zero-order valence-electron chi connectivity index (χ0n) is 23.6. The molecule has 0 bridgehead atoms. The van der Waals surface area contributed by atoms with Gasteiger partial charge in [0.15, 0.2) is 0 Å². The van der Waals surface area contributed by atoms with Crippen LogP contribution in [0.25, 0.3) is 0 Å². The van der Waals surface area contributed by atoms with Crippen LogP contribution in [0.15, 0.2) is 60.7 Å². The molecule has 0 radical (unpaired) electrons. The molecule has 3 rings (SSSR count). The van der Waals surface area contributed by atoms with E-state index < -0.39 is 24.3 Å². The molecule has 0 heterocycles. The van der Waals surface area contributed by atoms with Crippen LogP contribution < -0.4 is 20.9 Å². The predicted molar refractivity (Wildman–Crippen MR) is 155 cm³/mol. The summed E-state index contributed by atoms with van der Waals surface area (Å²) in [6, 6.07) is 18.6. The van der Waals surface area contributed by atoms with E-state index >= 15 is 0 Å². The second-order valence-electron chi connectivity index (χ2n) is 10.1. The molecule has 4 atom stereocenters. The molecular formula is C32H44N2O5. The van der Waals surface area contributed by atoms with E-state index in [1.807, 2.05) is 63.2 Å². The van der Waals surface area contributed by atoms with E-state index in [0.717, 1.165) is 29.5 Å². The highest BCUT2D eigenvalue weighted by Gasteiger charge is 2.33. The Hall–Kier alpha value is -2.94. The SMILES string of the molecule is CCOCCc1ccc(OCC(N)C(O)C(Oc2ccc(Cc3ccccc3)c(C)c2C)C(N)CO)c(C)c1. The molecule has 0 aliphatic heterocycles. The highest BCUT2D eigenvalue weighted by molar-refractivity contribution is 5.45. The van der Waals surface area contributed by atoms with Gasteiger partial charge in [-0.2, -0.15) is 0 Å². The van der Waals surface area contributed by atoms with Crippen LogP contribution >= 0.6 is 0 Å². The molecule has 3 aromatic carbocycles. The van der Waals surface area contributed by atoms with Crippen molar-refractivity contribution < 1.29 is 24.4 Å². The minimum atomic E-state index is -1.17. The first-order valence-electron chi connectivity index (χ1n) is 13.6. The van der Waals surface area contributed by atoms with Gasteiger partial charge in [0.05, 0.1) is 25.3 Å². The molecule has 212 valence electrons. The first-order chi connectivity index (χ1) is 18.7. The number of aliphatic hydroxyl groups excluding tert-OH is 2. The Balaban J connectivity index is 1.67. The van der Waals surface area contributed by atoms with Crippen LogP contribution in [0.3, 0.4) is 0 Å². The summed E-state index contributed by atoms with van der Waals surface area (Å²) in [7, 11) is 0. The first kappa shape index (κ1) is 30.6. The van der Waals surface area contributed by atoms with Crippen molar-refractivity contribution in [1.82, 2.24) is 0 Å². The molecule has 0 aliphatic rings. The normalized spacial score (nSPS) is 14.5. The molecule has 6 N–H and O–H groups in total. The summed E-state index contributed by atoms with van der Waals surface area (Å²) in [6.07, 6.45) is -0.446. The molecule has 3 aromatic rings. The average Bonchev–Trinajstić information content (AvgIpc) is 2.94. The molecular weight excluding hydrogens is 492 g/mol. The van der Waals surface area contributed by atoms with Gasteiger partial charge in [0.25, 0.3) is 0 Å². The lowest BCUT2D eigenvalue weighted by molar-refractivity contribution is -0.0126. The Labute approximate surface area is 232 Å². The van der Waals surface area contributed by atoms with E-state index in [2.05, 4.69) is 25.1 Å². The van der Waals surface area contributed by atoms with E-state index in [1.165, 1.54) is 16.7 Å². The highest BCUT2D eigenvalue weighted by atomic mass is 16.5. The van der Waals surface area contributed by atoms with E-state index in [4.69, 9.17) is 25.7 Å². The topological polar surface area (TPSA) is 120 Å². The van der Waals surface area contributed by atoms with Gasteiger partial charge in [-0.1, -0.05) is 48.5 Å². The van der Waals surface area contributed by atoms with Crippen molar-refractivity contribution in [3.8, 4) is 11.5 Å². The lowest BCUT2D eigenvalue weighted by Crippen LogP contribution is -2.56. The van der Waals surface area contributed by atoms with Gasteiger partial charge in [-0.05, 0) is 86.1 Å². The Morgan fingerprint density at radius 2 is 1.56 bits per heavy atom. The Bertz CT molecular complexity index is 1170. The van der Waals surface area contributed by atoms with Crippen molar-refractivity contribution in [3.05, 3.63) is 94.0 Å². The van der Waals surface area contributed by atoms with Gasteiger partial charge in [0.2, 0.25) is 0 Å². The molecule has 0 aliphatic carbocycles. The van der Waals surface area contributed by atoms with Crippen molar-refractivity contribution in [2.45, 2.75) is 64.8 Å². The van der Waals surface area contributed by atoms with Crippen molar-refractivity contribution in [2.24, 2.45) is 11.5 Å². The van der Waals surface area contributed by atoms with Crippen LogP contribution in [0.1, 0.15) is 40.3 Å². The minimum Gasteiger partial charge on any atom is -0.492 e. The van der Waals surface area contributed by atoms with Gasteiger partial charge in [0.1, 0.15) is 30.3 Å². The van der Waals surface area contributed by atoms with Crippen LogP contribution in [-0.2, 0) is 17.6 Å². The van der Waals surface area contributed by atoms with Gasteiger partial charge in [-0.25, -0.2) is 0 Å². The molecule has 7 heteroatoms. The molecule has 0 fully saturated rings. The third-order valence-electron chi connectivity index (χ3n) is 7.17. The van der Waals surface area contributed by atoms with Crippen LogP contribution in [0.4, 0.5) is 0 Å². The molecule has 0 spiro atoms. The number of benzene rings is 3. The zero-order chi connectivity index (χ0) is 28.4. The first-order valence-corrected chi connectivity index (χ1v) is 13.6. The van der Waals surface area contributed by atoms with E-state index in [9.17, 15) is 10.2 Å². The van der Waals surface area contributed by atoms with Crippen LogP contribution in [-0.4, -0.2) is 60.9 Å². The summed E-state index contributed by atoms with van der Waals surface area (Å²) in [6.45, 7) is 9.07. The maximum Gasteiger partial charge on any atom is 0.143 e. The fourth-order valence-electron chi connectivity index (χ4n) is 4.54. The second-order valence-corrected chi connectivity index (χ2v) is 10.1. The smallest absolute Gasteiger partial charge is 0.143 e. The van der Waals surface area contributed by atoms with E-state index in [0.29, 0.717) is 24.7 Å². The third kappa shape index (κ3) is 8.52. The molecule has 39 heavy (non-hydrogen) atoms. The van der Waals surface area contributed by atoms with Crippen molar-refractivity contribution in [1.29, 1.82) is 0 Å². The number of nitrogens with two attached hydrogens (primary N) is 2. The monoisotopic (exact) mass is 536 g/mol. The van der Waals surface area contributed by atoms with E-state index in [1.54, 1.807) is 0 Å². The quantitative estimate of drug-likeness (QED) is 0.219.